The lowest BCUT2D eigenvalue weighted by atomic mass is 9.70. The summed E-state index contributed by atoms with van der Waals surface area (Å²) in [6, 6.07) is 1.29. The lowest BCUT2D eigenvalue weighted by Crippen LogP contribution is -2.53. The van der Waals surface area contributed by atoms with Gasteiger partial charge in [-0.25, -0.2) is 0 Å². The van der Waals surface area contributed by atoms with E-state index in [2.05, 4.69) is 23.6 Å². The lowest BCUT2D eigenvalue weighted by molar-refractivity contribution is 0.0628. The fraction of sp³-hybridized carbons (Fsp3) is 1.00. The van der Waals surface area contributed by atoms with Crippen molar-refractivity contribution in [1.29, 1.82) is 0 Å². The first-order valence-corrected chi connectivity index (χ1v) is 8.25. The Labute approximate surface area is 118 Å². The Bertz CT molecular complexity index is 315. The summed E-state index contributed by atoms with van der Waals surface area (Å²) in [4.78, 5) is 5.40. The van der Waals surface area contributed by atoms with Gasteiger partial charge in [0, 0.05) is 38.3 Å². The maximum atomic E-state index is 6.39. The zero-order valence-corrected chi connectivity index (χ0v) is 12.8. The molecule has 3 rings (SSSR count). The Balaban J connectivity index is 1.55. The van der Waals surface area contributed by atoms with Crippen molar-refractivity contribution in [3.05, 3.63) is 0 Å². The highest BCUT2D eigenvalue weighted by Gasteiger charge is 2.36. The van der Waals surface area contributed by atoms with Crippen molar-refractivity contribution in [2.45, 2.75) is 58.0 Å². The molecule has 3 aliphatic rings. The van der Waals surface area contributed by atoms with Gasteiger partial charge in [-0.05, 0) is 50.0 Å². The summed E-state index contributed by atoms with van der Waals surface area (Å²) < 4.78 is 0. The van der Waals surface area contributed by atoms with E-state index in [1.807, 2.05) is 0 Å². The van der Waals surface area contributed by atoms with Gasteiger partial charge >= 0.3 is 0 Å². The number of hydrogen-bond acceptors (Lipinski definition) is 3. The molecule has 2 saturated heterocycles. The smallest absolute Gasteiger partial charge is 0.0224 e. The van der Waals surface area contributed by atoms with E-state index >= 15 is 0 Å². The van der Waals surface area contributed by atoms with Crippen LogP contribution in [0, 0.1) is 11.3 Å². The molecule has 0 bridgehead atoms. The first-order chi connectivity index (χ1) is 9.03. The summed E-state index contributed by atoms with van der Waals surface area (Å²) in [6.07, 6.45) is 6.67. The van der Waals surface area contributed by atoms with Crippen LogP contribution < -0.4 is 5.73 Å². The van der Waals surface area contributed by atoms with Crippen LogP contribution in [0.2, 0.25) is 0 Å². The van der Waals surface area contributed by atoms with E-state index in [9.17, 15) is 0 Å². The molecule has 0 radical (unpaired) electrons. The van der Waals surface area contributed by atoms with Gasteiger partial charge in [0.25, 0.3) is 0 Å². The van der Waals surface area contributed by atoms with Gasteiger partial charge in [-0.1, -0.05) is 13.8 Å². The van der Waals surface area contributed by atoms with E-state index in [1.54, 1.807) is 0 Å². The Hall–Kier alpha value is -0.120. The van der Waals surface area contributed by atoms with Gasteiger partial charge in [0.05, 0.1) is 0 Å². The van der Waals surface area contributed by atoms with Crippen molar-refractivity contribution < 1.29 is 0 Å². The third-order valence-corrected chi connectivity index (χ3v) is 5.74. The largest absolute Gasteiger partial charge is 0.327 e. The number of hydrogen-bond donors (Lipinski definition) is 1. The maximum absolute atomic E-state index is 6.39. The molecule has 2 aliphatic heterocycles. The van der Waals surface area contributed by atoms with Crippen LogP contribution in [-0.4, -0.2) is 54.6 Å². The molecule has 3 atom stereocenters. The Kier molecular flexibility index (Phi) is 3.89. The molecule has 0 aromatic heterocycles. The van der Waals surface area contributed by atoms with Gasteiger partial charge in [0.15, 0.2) is 0 Å². The summed E-state index contributed by atoms with van der Waals surface area (Å²) >= 11 is 0. The zero-order valence-electron chi connectivity index (χ0n) is 12.8. The molecule has 0 aromatic rings. The predicted octanol–water partition coefficient (Wildman–Crippen LogP) is 1.92. The van der Waals surface area contributed by atoms with E-state index in [0.29, 0.717) is 11.5 Å². The first-order valence-electron chi connectivity index (χ1n) is 8.25. The number of nitrogens with zero attached hydrogens (tertiary/aromatic N) is 2. The van der Waals surface area contributed by atoms with Crippen molar-refractivity contribution >= 4 is 0 Å². The highest BCUT2D eigenvalue weighted by Crippen LogP contribution is 2.38. The fourth-order valence-electron chi connectivity index (χ4n) is 4.51. The van der Waals surface area contributed by atoms with Crippen molar-refractivity contribution in [3.63, 3.8) is 0 Å². The van der Waals surface area contributed by atoms with Gasteiger partial charge in [-0.3, -0.25) is 4.90 Å². The van der Waals surface area contributed by atoms with E-state index in [1.165, 1.54) is 64.8 Å². The third-order valence-electron chi connectivity index (χ3n) is 5.74. The molecule has 2 heterocycles. The minimum atomic E-state index is 0.439. The van der Waals surface area contributed by atoms with Crippen LogP contribution in [0.5, 0.6) is 0 Å². The molecule has 2 N–H and O–H groups in total. The summed E-state index contributed by atoms with van der Waals surface area (Å²) in [5.74, 6) is 0.719. The van der Waals surface area contributed by atoms with Crippen LogP contribution in [-0.2, 0) is 0 Å². The van der Waals surface area contributed by atoms with Crippen molar-refractivity contribution in [1.82, 2.24) is 9.80 Å². The summed E-state index contributed by atoms with van der Waals surface area (Å²) in [6.45, 7) is 11.3. The molecule has 0 amide bonds. The molecule has 3 nitrogen and oxygen atoms in total. The maximum Gasteiger partial charge on any atom is 0.0224 e. The number of nitrogens with two attached hydrogens (primary N) is 1. The molecule has 1 aliphatic carbocycles. The summed E-state index contributed by atoms with van der Waals surface area (Å²) in [5, 5.41) is 0. The monoisotopic (exact) mass is 265 g/mol. The highest BCUT2D eigenvalue weighted by molar-refractivity contribution is 4.92. The van der Waals surface area contributed by atoms with Gasteiger partial charge in [0.2, 0.25) is 0 Å². The summed E-state index contributed by atoms with van der Waals surface area (Å²) in [7, 11) is 0. The van der Waals surface area contributed by atoms with Crippen molar-refractivity contribution in [2.24, 2.45) is 17.1 Å². The second-order valence-electron chi connectivity index (χ2n) is 7.92. The predicted molar refractivity (Wildman–Crippen MR) is 80.1 cm³/mol. The zero-order chi connectivity index (χ0) is 13.5. The Morgan fingerprint density at radius 3 is 2.84 bits per heavy atom. The number of rotatable bonds is 2. The molecule has 3 unspecified atom stereocenters. The molecule has 1 saturated carbocycles. The van der Waals surface area contributed by atoms with Crippen LogP contribution in [0.3, 0.4) is 0 Å². The van der Waals surface area contributed by atoms with E-state index in [4.69, 9.17) is 5.73 Å². The molecule has 0 spiro atoms. The van der Waals surface area contributed by atoms with Crippen molar-refractivity contribution in [2.75, 3.05) is 32.7 Å². The normalized spacial score (nSPS) is 40.3. The Morgan fingerprint density at radius 2 is 2.00 bits per heavy atom. The standard InChI is InChI=1S/C16H31N3/c1-16(2)6-5-15(17)13(10-16)11-18-8-9-19-7-3-4-14(19)12-18/h13-15H,3-12,17H2,1-2H3. The SMILES string of the molecule is CC1(C)CCC(N)C(CN2CCN3CCCC3C2)C1. The molecule has 19 heavy (non-hydrogen) atoms. The quantitative estimate of drug-likeness (QED) is 0.828. The molecule has 0 aromatic carbocycles. The second kappa shape index (κ2) is 5.34. The molecular formula is C16H31N3. The molecule has 3 heteroatoms. The van der Waals surface area contributed by atoms with E-state index < -0.39 is 0 Å². The fourth-order valence-corrected chi connectivity index (χ4v) is 4.51. The highest BCUT2D eigenvalue weighted by atomic mass is 15.3. The molecular weight excluding hydrogens is 234 g/mol. The average Bonchev–Trinajstić information content (AvgIpc) is 2.81. The van der Waals surface area contributed by atoms with Crippen LogP contribution in [0.4, 0.5) is 0 Å². The van der Waals surface area contributed by atoms with Gasteiger partial charge < -0.3 is 10.6 Å². The number of piperazine rings is 1. The minimum absolute atomic E-state index is 0.439. The third kappa shape index (κ3) is 3.14. The average molecular weight is 265 g/mol. The Morgan fingerprint density at radius 1 is 1.16 bits per heavy atom. The topological polar surface area (TPSA) is 32.5 Å². The van der Waals surface area contributed by atoms with E-state index in [-0.39, 0.29) is 0 Å². The van der Waals surface area contributed by atoms with Gasteiger partial charge in [-0.15, -0.1) is 0 Å². The first kappa shape index (κ1) is 13.8. The number of fused-ring (bicyclic) bond motifs is 1. The van der Waals surface area contributed by atoms with Gasteiger partial charge in [-0.2, -0.15) is 0 Å². The summed E-state index contributed by atoms with van der Waals surface area (Å²) in [5.41, 5.74) is 6.90. The van der Waals surface area contributed by atoms with E-state index in [0.717, 1.165) is 12.0 Å². The van der Waals surface area contributed by atoms with Crippen LogP contribution in [0.25, 0.3) is 0 Å². The van der Waals surface area contributed by atoms with Crippen LogP contribution in [0.1, 0.15) is 46.0 Å². The minimum Gasteiger partial charge on any atom is -0.327 e. The molecule has 3 fully saturated rings. The lowest BCUT2D eigenvalue weighted by Gasteiger charge is -2.44. The van der Waals surface area contributed by atoms with Gasteiger partial charge in [0.1, 0.15) is 0 Å². The second-order valence-corrected chi connectivity index (χ2v) is 7.92. The van der Waals surface area contributed by atoms with Crippen molar-refractivity contribution in [3.8, 4) is 0 Å². The van der Waals surface area contributed by atoms with Crippen LogP contribution in [0.15, 0.2) is 0 Å². The molecule has 110 valence electrons. The van der Waals surface area contributed by atoms with Crippen LogP contribution >= 0.6 is 0 Å².